The maximum Gasteiger partial charge on any atom is 0.338 e. The number of methoxy groups -OCH3 is 1. The first-order chi connectivity index (χ1) is 9.13. The molecule has 2 aromatic carbocycles. The minimum Gasteiger partial charge on any atom is -0.545 e. The summed E-state index contributed by atoms with van der Waals surface area (Å²) in [7, 11) is 1.30. The van der Waals surface area contributed by atoms with Crippen molar-refractivity contribution in [3.63, 3.8) is 0 Å². The smallest absolute Gasteiger partial charge is 0.338 e. The van der Waals surface area contributed by atoms with Crippen LogP contribution in [-0.4, -0.2) is 19.0 Å². The molecule has 2 aromatic rings. The van der Waals surface area contributed by atoms with E-state index in [1.165, 1.54) is 19.2 Å². The normalized spacial score (nSPS) is 9.95. The molecule has 2 rings (SSSR count). The van der Waals surface area contributed by atoms with Crippen LogP contribution in [0.15, 0.2) is 48.5 Å². The van der Waals surface area contributed by atoms with Crippen molar-refractivity contribution in [1.29, 1.82) is 0 Å². The Hall–Kier alpha value is -2.62. The molecule has 0 heterocycles. The molecule has 0 aliphatic carbocycles. The Morgan fingerprint density at radius 1 is 1.05 bits per heavy atom. The topological polar surface area (TPSA) is 66.4 Å². The van der Waals surface area contributed by atoms with Gasteiger partial charge in [0, 0.05) is 0 Å². The summed E-state index contributed by atoms with van der Waals surface area (Å²) in [6.45, 7) is 0. The molecule has 0 unspecified atom stereocenters. The van der Waals surface area contributed by atoms with Gasteiger partial charge in [0.1, 0.15) is 0 Å². The monoisotopic (exact) mass is 255 g/mol. The average Bonchev–Trinajstić information content (AvgIpc) is 2.46. The SMILES string of the molecule is COC(=O)c1ccccc1-c1cccc(C(=O)[O-])c1. The fourth-order valence-electron chi connectivity index (χ4n) is 1.84. The zero-order valence-electron chi connectivity index (χ0n) is 10.3. The number of carbonyl (C=O) groups excluding carboxylic acids is 2. The van der Waals surface area contributed by atoms with Gasteiger partial charge in [-0.15, -0.1) is 0 Å². The third kappa shape index (κ3) is 2.63. The molecule has 0 aliphatic heterocycles. The van der Waals surface area contributed by atoms with Crippen molar-refractivity contribution in [3.8, 4) is 11.1 Å². The summed E-state index contributed by atoms with van der Waals surface area (Å²) in [5, 5.41) is 10.9. The van der Waals surface area contributed by atoms with Crippen LogP contribution in [0.25, 0.3) is 11.1 Å². The average molecular weight is 255 g/mol. The minimum absolute atomic E-state index is 0.0668. The number of carboxylic acids is 1. The van der Waals surface area contributed by atoms with Crippen LogP contribution in [0, 0.1) is 0 Å². The predicted molar refractivity (Wildman–Crippen MR) is 67.5 cm³/mol. The van der Waals surface area contributed by atoms with Crippen LogP contribution >= 0.6 is 0 Å². The Kier molecular flexibility index (Phi) is 3.61. The summed E-state index contributed by atoms with van der Waals surface area (Å²) in [6.07, 6.45) is 0. The van der Waals surface area contributed by atoms with Crippen molar-refractivity contribution >= 4 is 11.9 Å². The number of aromatic carboxylic acids is 1. The fourth-order valence-corrected chi connectivity index (χ4v) is 1.84. The highest BCUT2D eigenvalue weighted by Crippen LogP contribution is 2.25. The van der Waals surface area contributed by atoms with Crippen molar-refractivity contribution in [2.75, 3.05) is 7.11 Å². The van der Waals surface area contributed by atoms with E-state index in [0.29, 0.717) is 16.7 Å². The van der Waals surface area contributed by atoms with Crippen LogP contribution in [-0.2, 0) is 4.74 Å². The van der Waals surface area contributed by atoms with E-state index in [9.17, 15) is 14.7 Å². The largest absolute Gasteiger partial charge is 0.545 e. The second kappa shape index (κ2) is 5.35. The van der Waals surface area contributed by atoms with Crippen LogP contribution < -0.4 is 5.11 Å². The Labute approximate surface area is 110 Å². The third-order valence-corrected chi connectivity index (χ3v) is 2.74. The van der Waals surface area contributed by atoms with E-state index in [1.54, 1.807) is 36.4 Å². The van der Waals surface area contributed by atoms with Gasteiger partial charge in [-0.05, 0) is 28.8 Å². The van der Waals surface area contributed by atoms with E-state index < -0.39 is 11.9 Å². The number of hydrogen-bond acceptors (Lipinski definition) is 4. The van der Waals surface area contributed by atoms with Crippen molar-refractivity contribution < 1.29 is 19.4 Å². The summed E-state index contributed by atoms with van der Waals surface area (Å²) in [6, 6.07) is 13.1. The van der Waals surface area contributed by atoms with Crippen LogP contribution in [0.3, 0.4) is 0 Å². The molecular formula is C15H11O4-. The summed E-state index contributed by atoms with van der Waals surface area (Å²) < 4.78 is 4.71. The Balaban J connectivity index is 2.56. The van der Waals surface area contributed by atoms with E-state index in [4.69, 9.17) is 4.74 Å². The number of benzene rings is 2. The number of hydrogen-bond donors (Lipinski definition) is 0. The number of esters is 1. The molecule has 0 saturated heterocycles. The third-order valence-electron chi connectivity index (χ3n) is 2.74. The van der Waals surface area contributed by atoms with Gasteiger partial charge in [-0.25, -0.2) is 4.79 Å². The summed E-state index contributed by atoms with van der Waals surface area (Å²) in [5.41, 5.74) is 1.71. The van der Waals surface area contributed by atoms with Crippen LogP contribution in [0.1, 0.15) is 20.7 Å². The first-order valence-electron chi connectivity index (χ1n) is 5.62. The molecule has 0 atom stereocenters. The van der Waals surface area contributed by atoms with Gasteiger partial charge in [0.05, 0.1) is 18.6 Å². The lowest BCUT2D eigenvalue weighted by molar-refractivity contribution is -0.255. The van der Waals surface area contributed by atoms with Crippen molar-refractivity contribution in [2.24, 2.45) is 0 Å². The van der Waals surface area contributed by atoms with E-state index in [2.05, 4.69) is 0 Å². The molecule has 0 saturated carbocycles. The van der Waals surface area contributed by atoms with Crippen molar-refractivity contribution in [2.45, 2.75) is 0 Å². The van der Waals surface area contributed by atoms with E-state index >= 15 is 0 Å². The van der Waals surface area contributed by atoms with E-state index in [0.717, 1.165) is 0 Å². The lowest BCUT2D eigenvalue weighted by atomic mass is 9.98. The van der Waals surface area contributed by atoms with E-state index in [1.807, 2.05) is 0 Å². The van der Waals surface area contributed by atoms with Gasteiger partial charge in [-0.3, -0.25) is 0 Å². The molecular weight excluding hydrogens is 244 g/mol. The summed E-state index contributed by atoms with van der Waals surface area (Å²) in [5.74, 6) is -1.72. The van der Waals surface area contributed by atoms with Crippen molar-refractivity contribution in [1.82, 2.24) is 0 Å². The van der Waals surface area contributed by atoms with Gasteiger partial charge in [0.25, 0.3) is 0 Å². The van der Waals surface area contributed by atoms with Gasteiger partial charge in [0.15, 0.2) is 0 Å². The summed E-state index contributed by atoms with van der Waals surface area (Å²) in [4.78, 5) is 22.5. The first-order valence-corrected chi connectivity index (χ1v) is 5.62. The molecule has 0 aliphatic rings. The van der Waals surface area contributed by atoms with Crippen molar-refractivity contribution in [3.05, 3.63) is 59.7 Å². The Morgan fingerprint density at radius 3 is 2.47 bits per heavy atom. The maximum absolute atomic E-state index is 11.7. The van der Waals surface area contributed by atoms with Gasteiger partial charge < -0.3 is 14.6 Å². The highest BCUT2D eigenvalue weighted by Gasteiger charge is 2.12. The molecule has 0 spiro atoms. The molecule has 4 nitrogen and oxygen atoms in total. The molecule has 0 amide bonds. The number of ether oxygens (including phenoxy) is 1. The molecule has 0 N–H and O–H groups in total. The number of carboxylic acid groups (broad SMARTS) is 1. The number of carbonyl (C=O) groups is 2. The molecule has 96 valence electrons. The molecule has 0 bridgehead atoms. The zero-order chi connectivity index (χ0) is 13.8. The highest BCUT2D eigenvalue weighted by atomic mass is 16.5. The predicted octanol–water partition coefficient (Wildman–Crippen LogP) is 1.50. The second-order valence-corrected chi connectivity index (χ2v) is 3.91. The summed E-state index contributed by atoms with van der Waals surface area (Å²) >= 11 is 0. The van der Waals surface area contributed by atoms with Gasteiger partial charge >= 0.3 is 5.97 Å². The maximum atomic E-state index is 11.7. The van der Waals surface area contributed by atoms with Crippen LogP contribution in [0.5, 0.6) is 0 Å². The minimum atomic E-state index is -1.25. The van der Waals surface area contributed by atoms with Crippen LogP contribution in [0.2, 0.25) is 0 Å². The lowest BCUT2D eigenvalue weighted by Crippen LogP contribution is -2.22. The zero-order valence-corrected chi connectivity index (χ0v) is 10.3. The van der Waals surface area contributed by atoms with Crippen LogP contribution in [0.4, 0.5) is 0 Å². The lowest BCUT2D eigenvalue weighted by Gasteiger charge is -2.10. The van der Waals surface area contributed by atoms with E-state index in [-0.39, 0.29) is 5.56 Å². The van der Waals surface area contributed by atoms with Gasteiger partial charge in [0.2, 0.25) is 0 Å². The van der Waals surface area contributed by atoms with Gasteiger partial charge in [-0.1, -0.05) is 36.4 Å². The standard InChI is InChI=1S/C15H12O4/c1-19-15(18)13-8-3-2-7-12(13)10-5-4-6-11(9-10)14(16)17/h2-9H,1H3,(H,16,17)/p-1. The number of rotatable bonds is 3. The second-order valence-electron chi connectivity index (χ2n) is 3.91. The highest BCUT2D eigenvalue weighted by molar-refractivity contribution is 5.98. The molecule has 4 heteroatoms. The molecule has 0 radical (unpaired) electrons. The molecule has 0 aromatic heterocycles. The first kappa shape index (κ1) is 12.8. The Bertz CT molecular complexity index is 632. The molecule has 19 heavy (non-hydrogen) atoms. The van der Waals surface area contributed by atoms with Gasteiger partial charge in [-0.2, -0.15) is 0 Å². The Morgan fingerprint density at radius 2 is 1.79 bits per heavy atom. The quantitative estimate of drug-likeness (QED) is 0.779. The fraction of sp³-hybridized carbons (Fsp3) is 0.0667. The molecule has 0 fully saturated rings.